The van der Waals surface area contributed by atoms with Crippen LogP contribution < -0.4 is 0 Å². The molecule has 0 aliphatic rings. The van der Waals surface area contributed by atoms with E-state index in [0.717, 1.165) is 10.4 Å². The van der Waals surface area contributed by atoms with E-state index in [1.165, 1.54) is 17.9 Å². The number of sulfonamides is 1. The zero-order valence-corrected chi connectivity index (χ0v) is 13.8. The van der Waals surface area contributed by atoms with Crippen LogP contribution in [-0.4, -0.2) is 45.6 Å². The molecule has 0 atom stereocenters. The van der Waals surface area contributed by atoms with E-state index in [1.807, 2.05) is 0 Å². The summed E-state index contributed by atoms with van der Waals surface area (Å²) in [7, 11) is -1.55. The Morgan fingerprint density at radius 3 is 2.48 bits per heavy atom. The van der Waals surface area contributed by atoms with Crippen LogP contribution in [0.15, 0.2) is 29.4 Å². The minimum atomic E-state index is -5.01. The number of hydrogen-bond donors (Lipinski definition) is 1. The highest BCUT2D eigenvalue weighted by Crippen LogP contribution is 2.34. The van der Waals surface area contributed by atoms with Crippen LogP contribution in [0.25, 0.3) is 0 Å². The topological polar surface area (TPSA) is 105 Å². The van der Waals surface area contributed by atoms with E-state index < -0.39 is 38.2 Å². The van der Waals surface area contributed by atoms with Crippen LogP contribution in [0.2, 0.25) is 0 Å². The maximum atomic E-state index is 13.0. The van der Waals surface area contributed by atoms with Crippen LogP contribution in [-0.2, 0) is 29.8 Å². The minimum Gasteiger partial charge on any atom is -0.478 e. The fraction of sp³-hybridized carbons (Fsp3) is 0.308. The molecule has 12 heteroatoms. The third-order valence-corrected chi connectivity index (χ3v) is 5.20. The average molecular weight is 378 g/mol. The molecule has 0 bridgehead atoms. The standard InChI is InChI=1S/C13H13F3N4O4S/c1-19-7-17-18-11(19)6-20(2)25(23,24)8-3-4-9(12(21)22)10(5-8)13(14,15)16/h3-5,7H,6H2,1-2H3,(H,21,22). The first kappa shape index (κ1) is 18.9. The third kappa shape index (κ3) is 3.79. The Hall–Kier alpha value is -2.47. The summed E-state index contributed by atoms with van der Waals surface area (Å²) in [5, 5.41) is 16.1. The van der Waals surface area contributed by atoms with E-state index in [0.29, 0.717) is 12.1 Å². The Bertz CT molecular complexity index is 908. The van der Waals surface area contributed by atoms with E-state index in [-0.39, 0.29) is 12.4 Å². The van der Waals surface area contributed by atoms with Crippen LogP contribution in [0, 0.1) is 0 Å². The van der Waals surface area contributed by atoms with E-state index >= 15 is 0 Å². The van der Waals surface area contributed by atoms with Crippen LogP contribution in [0.5, 0.6) is 0 Å². The highest BCUT2D eigenvalue weighted by atomic mass is 32.2. The molecule has 0 fully saturated rings. The number of carboxylic acids is 1. The van der Waals surface area contributed by atoms with E-state index in [1.54, 1.807) is 7.05 Å². The number of carboxylic acid groups (broad SMARTS) is 1. The third-order valence-electron chi connectivity index (χ3n) is 3.40. The van der Waals surface area contributed by atoms with Crippen molar-refractivity contribution in [3.63, 3.8) is 0 Å². The van der Waals surface area contributed by atoms with Gasteiger partial charge < -0.3 is 9.67 Å². The summed E-state index contributed by atoms with van der Waals surface area (Å²) in [6.45, 7) is -0.221. The Kier molecular flexibility index (Phi) is 4.86. The fourth-order valence-corrected chi connectivity index (χ4v) is 3.17. The summed E-state index contributed by atoms with van der Waals surface area (Å²) < 4.78 is 66.4. The zero-order valence-electron chi connectivity index (χ0n) is 13.0. The quantitative estimate of drug-likeness (QED) is 0.842. The lowest BCUT2D eigenvalue weighted by atomic mass is 10.1. The summed E-state index contributed by atoms with van der Waals surface area (Å²) in [5.74, 6) is -1.52. The number of alkyl halides is 3. The van der Waals surface area contributed by atoms with Gasteiger partial charge in [0.1, 0.15) is 12.2 Å². The number of benzene rings is 1. The molecule has 25 heavy (non-hydrogen) atoms. The molecule has 8 nitrogen and oxygen atoms in total. The van der Waals surface area contributed by atoms with Crippen LogP contribution in [0.3, 0.4) is 0 Å². The highest BCUT2D eigenvalue weighted by molar-refractivity contribution is 7.89. The summed E-state index contributed by atoms with van der Waals surface area (Å²) in [6.07, 6.45) is -3.67. The normalized spacial score (nSPS) is 12.6. The van der Waals surface area contributed by atoms with Crippen molar-refractivity contribution in [1.29, 1.82) is 0 Å². The Morgan fingerprint density at radius 2 is 2.00 bits per heavy atom. The number of aromatic carboxylic acids is 1. The van der Waals surface area contributed by atoms with Gasteiger partial charge in [-0.3, -0.25) is 0 Å². The molecular weight excluding hydrogens is 365 g/mol. The number of halogens is 3. The van der Waals surface area contributed by atoms with Crippen LogP contribution >= 0.6 is 0 Å². The Labute approximate surface area is 140 Å². The molecule has 2 aromatic rings. The van der Waals surface area contributed by atoms with Crippen molar-refractivity contribution in [1.82, 2.24) is 19.1 Å². The van der Waals surface area contributed by atoms with Gasteiger partial charge in [-0.25, -0.2) is 13.2 Å². The van der Waals surface area contributed by atoms with Crippen molar-refractivity contribution in [3.05, 3.63) is 41.5 Å². The van der Waals surface area contributed by atoms with Gasteiger partial charge in [-0.05, 0) is 18.2 Å². The molecule has 1 heterocycles. The lowest BCUT2D eigenvalue weighted by molar-refractivity contribution is -0.138. The SMILES string of the molecule is CN(Cc1nncn1C)S(=O)(=O)c1ccc(C(=O)O)c(C(F)(F)F)c1. The number of carbonyl (C=O) groups is 1. The molecule has 0 radical (unpaired) electrons. The second-order valence-corrected chi connectivity index (χ2v) is 7.17. The predicted molar refractivity (Wildman–Crippen MR) is 78.1 cm³/mol. The van der Waals surface area contributed by atoms with Gasteiger partial charge in [-0.2, -0.15) is 17.5 Å². The van der Waals surface area contributed by atoms with Gasteiger partial charge in [-0.15, -0.1) is 10.2 Å². The average Bonchev–Trinajstić information content (AvgIpc) is 2.90. The molecule has 0 aliphatic heterocycles. The molecular formula is C13H13F3N4O4S. The molecule has 0 spiro atoms. The van der Waals surface area contributed by atoms with Crippen molar-refractivity contribution in [3.8, 4) is 0 Å². The van der Waals surface area contributed by atoms with Gasteiger partial charge in [0.15, 0.2) is 0 Å². The summed E-state index contributed by atoms with van der Waals surface area (Å²) in [6, 6.07) is 1.75. The zero-order chi connectivity index (χ0) is 19.0. The maximum absolute atomic E-state index is 13.0. The molecule has 0 amide bonds. The van der Waals surface area contributed by atoms with E-state index in [4.69, 9.17) is 5.11 Å². The molecule has 136 valence electrons. The number of rotatable bonds is 5. The molecule has 2 rings (SSSR count). The van der Waals surface area contributed by atoms with Crippen LogP contribution in [0.4, 0.5) is 13.2 Å². The first-order valence-electron chi connectivity index (χ1n) is 6.68. The summed E-state index contributed by atoms with van der Waals surface area (Å²) in [5.41, 5.74) is -2.56. The first-order chi connectivity index (χ1) is 11.4. The van der Waals surface area contributed by atoms with Crippen LogP contribution in [0.1, 0.15) is 21.7 Å². The molecule has 0 aliphatic carbocycles. The molecule has 1 aromatic carbocycles. The van der Waals surface area contributed by atoms with Crippen molar-refractivity contribution in [2.45, 2.75) is 17.6 Å². The molecule has 1 N–H and O–H groups in total. The molecule has 1 aromatic heterocycles. The largest absolute Gasteiger partial charge is 0.478 e. The van der Waals surface area contributed by atoms with Gasteiger partial charge >= 0.3 is 12.1 Å². The van der Waals surface area contributed by atoms with Crippen molar-refractivity contribution < 1.29 is 31.5 Å². The number of aromatic nitrogens is 3. The van der Waals surface area contributed by atoms with Gasteiger partial charge in [0, 0.05) is 14.1 Å². The fourth-order valence-electron chi connectivity index (χ4n) is 2.02. The Morgan fingerprint density at radius 1 is 1.36 bits per heavy atom. The van der Waals surface area contributed by atoms with Gasteiger partial charge in [-0.1, -0.05) is 0 Å². The van der Waals surface area contributed by atoms with E-state index in [2.05, 4.69) is 10.2 Å². The molecule has 0 saturated heterocycles. The number of nitrogens with zero attached hydrogens (tertiary/aromatic N) is 4. The lowest BCUT2D eigenvalue weighted by Crippen LogP contribution is -2.28. The van der Waals surface area contributed by atoms with Crippen molar-refractivity contribution >= 4 is 16.0 Å². The second-order valence-electron chi connectivity index (χ2n) is 5.13. The second kappa shape index (κ2) is 6.44. The monoisotopic (exact) mass is 378 g/mol. The molecule has 0 unspecified atom stereocenters. The maximum Gasteiger partial charge on any atom is 0.417 e. The smallest absolute Gasteiger partial charge is 0.417 e. The van der Waals surface area contributed by atoms with Crippen molar-refractivity contribution in [2.24, 2.45) is 7.05 Å². The minimum absolute atomic E-state index is 0.221. The predicted octanol–water partition coefficient (Wildman–Crippen LogP) is 1.35. The molecule has 0 saturated carbocycles. The van der Waals surface area contributed by atoms with Crippen molar-refractivity contribution in [2.75, 3.05) is 7.05 Å². The van der Waals surface area contributed by atoms with Gasteiger partial charge in [0.05, 0.1) is 22.6 Å². The van der Waals surface area contributed by atoms with E-state index in [9.17, 15) is 26.4 Å². The lowest BCUT2D eigenvalue weighted by Gasteiger charge is -2.18. The summed E-state index contributed by atoms with van der Waals surface area (Å²) >= 11 is 0. The number of aryl methyl sites for hydroxylation is 1. The first-order valence-corrected chi connectivity index (χ1v) is 8.12. The summed E-state index contributed by atoms with van der Waals surface area (Å²) in [4.78, 5) is 10.3. The Balaban J connectivity index is 2.45. The van der Waals surface area contributed by atoms with Gasteiger partial charge in [0.25, 0.3) is 0 Å². The highest BCUT2D eigenvalue weighted by Gasteiger charge is 2.37. The number of hydrogen-bond acceptors (Lipinski definition) is 5. The van der Waals surface area contributed by atoms with Gasteiger partial charge in [0.2, 0.25) is 10.0 Å².